The number of imidazole rings is 1. The van der Waals surface area contributed by atoms with Crippen LogP contribution in [0.2, 0.25) is 0 Å². The molecule has 2 aromatic carbocycles. The zero-order chi connectivity index (χ0) is 25.9. The maximum atomic E-state index is 15.3. The monoisotopic (exact) mass is 487 g/mol. The minimum Gasteiger partial charge on any atom is -0.384 e. The number of nitrogens with zero attached hydrogens (tertiary/aromatic N) is 4. The molecule has 0 bridgehead atoms. The minimum absolute atomic E-state index is 0.00194. The lowest BCUT2D eigenvalue weighted by molar-refractivity contribution is -0.170. The Labute approximate surface area is 200 Å². The number of hydrogen-bond donors (Lipinski definition) is 2. The van der Waals surface area contributed by atoms with Crippen LogP contribution in [0.3, 0.4) is 0 Å². The van der Waals surface area contributed by atoms with Crippen molar-refractivity contribution in [2.75, 3.05) is 5.32 Å². The van der Waals surface area contributed by atoms with Crippen molar-refractivity contribution in [1.82, 2.24) is 19.1 Å². The lowest BCUT2D eigenvalue weighted by Gasteiger charge is -2.30. The van der Waals surface area contributed by atoms with Crippen molar-refractivity contribution in [2.45, 2.75) is 58.7 Å². The van der Waals surface area contributed by atoms with Crippen LogP contribution in [0.4, 0.5) is 19.0 Å². The third kappa shape index (κ3) is 3.95. The van der Waals surface area contributed by atoms with Crippen molar-refractivity contribution in [3.05, 3.63) is 63.6 Å². The van der Waals surface area contributed by atoms with Crippen LogP contribution < -0.4 is 11.0 Å². The number of benzene rings is 2. The molecule has 186 valence electrons. The van der Waals surface area contributed by atoms with Gasteiger partial charge in [-0.25, -0.2) is 19.2 Å². The quantitative estimate of drug-likeness (QED) is 0.409. The normalized spacial score (nSPS) is 13.5. The van der Waals surface area contributed by atoms with E-state index in [-0.39, 0.29) is 11.3 Å². The Bertz CT molecular complexity index is 1500. The van der Waals surface area contributed by atoms with Gasteiger partial charge < -0.3 is 10.4 Å². The van der Waals surface area contributed by atoms with Gasteiger partial charge in [0.15, 0.2) is 0 Å². The lowest BCUT2D eigenvalue weighted by atomic mass is 9.91. The second kappa shape index (κ2) is 8.37. The van der Waals surface area contributed by atoms with Gasteiger partial charge in [-0.05, 0) is 52.8 Å². The van der Waals surface area contributed by atoms with E-state index in [2.05, 4.69) is 15.3 Å². The maximum Gasteiger partial charge on any atom is 0.328 e. The molecule has 0 spiro atoms. The van der Waals surface area contributed by atoms with E-state index in [4.69, 9.17) is 0 Å². The van der Waals surface area contributed by atoms with Crippen molar-refractivity contribution in [1.29, 1.82) is 0 Å². The Hall–Kier alpha value is -3.40. The fourth-order valence-corrected chi connectivity index (χ4v) is 4.30. The third-order valence-electron chi connectivity index (χ3n) is 6.35. The smallest absolute Gasteiger partial charge is 0.328 e. The molecule has 0 saturated carbocycles. The van der Waals surface area contributed by atoms with Crippen LogP contribution in [-0.4, -0.2) is 29.8 Å². The van der Waals surface area contributed by atoms with E-state index in [0.29, 0.717) is 40.1 Å². The minimum atomic E-state index is -3.80. The molecule has 0 fully saturated rings. The number of aryl methyl sites for hydroxylation is 3. The van der Waals surface area contributed by atoms with Crippen LogP contribution >= 0.6 is 0 Å². The van der Waals surface area contributed by atoms with E-state index in [0.717, 1.165) is 19.9 Å². The largest absolute Gasteiger partial charge is 0.384 e. The van der Waals surface area contributed by atoms with E-state index in [1.54, 1.807) is 42.2 Å². The first kappa shape index (κ1) is 24.7. The molecule has 35 heavy (non-hydrogen) atoms. The van der Waals surface area contributed by atoms with E-state index in [9.17, 15) is 18.7 Å². The van der Waals surface area contributed by atoms with Crippen LogP contribution in [0.15, 0.2) is 35.1 Å². The van der Waals surface area contributed by atoms with Crippen molar-refractivity contribution >= 4 is 27.8 Å². The van der Waals surface area contributed by atoms with Crippen molar-refractivity contribution in [2.24, 2.45) is 7.05 Å². The van der Waals surface area contributed by atoms with Gasteiger partial charge in [-0.3, -0.25) is 9.13 Å². The summed E-state index contributed by atoms with van der Waals surface area (Å²) in [5.74, 6) is -4.05. The van der Waals surface area contributed by atoms with Crippen LogP contribution in [0.25, 0.3) is 21.9 Å². The number of nitrogens with one attached hydrogen (secondary N) is 1. The number of hydrogen-bond acceptors (Lipinski definition) is 5. The highest BCUT2D eigenvalue weighted by Gasteiger charge is 2.49. The van der Waals surface area contributed by atoms with Crippen molar-refractivity contribution in [3.63, 3.8) is 0 Å². The van der Waals surface area contributed by atoms with Gasteiger partial charge in [0.25, 0.3) is 0 Å². The summed E-state index contributed by atoms with van der Waals surface area (Å²) < 4.78 is 48.0. The number of halogens is 3. The topological polar surface area (TPSA) is 85.0 Å². The molecule has 2 heterocycles. The predicted octanol–water partition coefficient (Wildman–Crippen LogP) is 4.79. The van der Waals surface area contributed by atoms with Crippen LogP contribution in [-0.2, 0) is 19.5 Å². The molecule has 4 rings (SSSR count). The predicted molar refractivity (Wildman–Crippen MR) is 129 cm³/mol. The highest BCUT2D eigenvalue weighted by molar-refractivity contribution is 5.99. The maximum absolute atomic E-state index is 15.3. The Morgan fingerprint density at radius 3 is 2.49 bits per heavy atom. The average Bonchev–Trinajstić information content (AvgIpc) is 3.00. The number of aromatic nitrogens is 4. The molecule has 0 unspecified atom stereocenters. The number of rotatable bonds is 6. The number of anilines is 1. The molecule has 0 aliphatic rings. The molecule has 0 aliphatic heterocycles. The molecule has 4 aromatic rings. The molecule has 0 saturated heterocycles. The molecule has 10 heteroatoms. The Kier molecular flexibility index (Phi) is 5.91. The zero-order valence-corrected chi connectivity index (χ0v) is 20.4. The van der Waals surface area contributed by atoms with Gasteiger partial charge >= 0.3 is 11.6 Å². The Morgan fingerprint density at radius 1 is 1.17 bits per heavy atom. The molecule has 2 aromatic heterocycles. The second-order valence-corrected chi connectivity index (χ2v) is 9.27. The number of alkyl halides is 2. The first-order valence-electron chi connectivity index (χ1n) is 11.3. The first-order valence-corrected chi connectivity index (χ1v) is 11.3. The molecule has 0 aliphatic carbocycles. The van der Waals surface area contributed by atoms with Gasteiger partial charge in [0.2, 0.25) is 0 Å². The molecular formula is C25H28F3N5O2. The molecule has 2 N–H and O–H groups in total. The standard InChI is InChI=1S/C25H28F3N5O2/c1-7-33-20-11-16-18(12-19(20)32(6)23(33)34)30-14(3)31-22(16)29-13(2)15-9-8-10-17(21(15)26)25(27,28)24(4,5)35/h8-13,35H,7H2,1-6H3,(H,29,30,31)/t13-/m1/s1. The fourth-order valence-electron chi connectivity index (χ4n) is 4.30. The summed E-state index contributed by atoms with van der Waals surface area (Å²) in [6.07, 6.45) is 0. The summed E-state index contributed by atoms with van der Waals surface area (Å²) in [6.45, 7) is 7.57. The van der Waals surface area contributed by atoms with Crippen molar-refractivity contribution in [3.8, 4) is 0 Å². The summed E-state index contributed by atoms with van der Waals surface area (Å²) in [5.41, 5.74) is -1.47. The molecule has 1 atom stereocenters. The lowest BCUT2D eigenvalue weighted by Crippen LogP contribution is -2.41. The van der Waals surface area contributed by atoms with Gasteiger partial charge in [-0.2, -0.15) is 8.78 Å². The van der Waals surface area contributed by atoms with Gasteiger partial charge in [-0.1, -0.05) is 12.1 Å². The second-order valence-electron chi connectivity index (χ2n) is 9.27. The summed E-state index contributed by atoms with van der Waals surface area (Å²) in [4.78, 5) is 21.5. The Morgan fingerprint density at radius 2 is 1.86 bits per heavy atom. The highest BCUT2D eigenvalue weighted by Crippen LogP contribution is 2.41. The first-order chi connectivity index (χ1) is 16.3. The van der Waals surface area contributed by atoms with Gasteiger partial charge in [0.1, 0.15) is 23.1 Å². The van der Waals surface area contributed by atoms with Crippen LogP contribution in [0.1, 0.15) is 50.7 Å². The zero-order valence-electron chi connectivity index (χ0n) is 20.4. The van der Waals surface area contributed by atoms with Gasteiger partial charge in [0.05, 0.1) is 28.2 Å². The number of fused-ring (bicyclic) bond motifs is 2. The van der Waals surface area contributed by atoms with E-state index in [1.807, 2.05) is 6.92 Å². The fraction of sp³-hybridized carbons (Fsp3) is 0.400. The van der Waals surface area contributed by atoms with Gasteiger partial charge in [-0.15, -0.1) is 0 Å². The van der Waals surface area contributed by atoms with E-state index >= 15 is 4.39 Å². The van der Waals surface area contributed by atoms with Crippen LogP contribution in [0, 0.1) is 12.7 Å². The molecular weight excluding hydrogens is 459 g/mol. The molecule has 0 amide bonds. The molecule has 7 nitrogen and oxygen atoms in total. The highest BCUT2D eigenvalue weighted by atomic mass is 19.3. The number of aliphatic hydroxyl groups is 1. The van der Waals surface area contributed by atoms with Gasteiger partial charge in [0, 0.05) is 24.5 Å². The molecule has 0 radical (unpaired) electrons. The summed E-state index contributed by atoms with van der Waals surface area (Å²) in [6, 6.07) is 6.58. The van der Waals surface area contributed by atoms with E-state index < -0.39 is 28.9 Å². The van der Waals surface area contributed by atoms with Crippen LogP contribution in [0.5, 0.6) is 0 Å². The summed E-state index contributed by atoms with van der Waals surface area (Å²) in [7, 11) is 1.69. The van der Waals surface area contributed by atoms with E-state index in [1.165, 1.54) is 12.1 Å². The third-order valence-corrected chi connectivity index (χ3v) is 6.35. The summed E-state index contributed by atoms with van der Waals surface area (Å²) in [5, 5.41) is 13.7. The van der Waals surface area contributed by atoms with Crippen molar-refractivity contribution < 1.29 is 18.3 Å². The Balaban J connectivity index is 1.83. The summed E-state index contributed by atoms with van der Waals surface area (Å²) >= 11 is 0. The SMILES string of the molecule is CCn1c(=O)n(C)c2cc3nc(C)nc(N[C@H](C)c4cccc(C(F)(F)C(C)(C)O)c4F)c3cc21. The average molecular weight is 488 g/mol.